The second kappa shape index (κ2) is 7.81. The highest BCUT2D eigenvalue weighted by atomic mass is 35.5. The van der Waals surface area contributed by atoms with E-state index in [-0.39, 0.29) is 17.9 Å². The van der Waals surface area contributed by atoms with Crippen molar-refractivity contribution in [1.82, 2.24) is 9.97 Å². The van der Waals surface area contributed by atoms with E-state index in [9.17, 15) is 9.59 Å². The molecule has 1 atom stereocenters. The molecule has 0 fully saturated rings. The summed E-state index contributed by atoms with van der Waals surface area (Å²) in [5.74, 6) is 0.405. The lowest BCUT2D eigenvalue weighted by Gasteiger charge is -2.25. The Morgan fingerprint density at radius 3 is 2.68 bits per heavy atom. The number of H-pyrrole nitrogens is 1. The molecule has 0 aliphatic carbocycles. The highest BCUT2D eigenvalue weighted by Gasteiger charge is 2.32. The van der Waals surface area contributed by atoms with E-state index in [4.69, 9.17) is 11.6 Å². The Labute approximate surface area is 171 Å². The number of benzene rings is 2. The van der Waals surface area contributed by atoms with Gasteiger partial charge in [-0.15, -0.1) is 0 Å². The van der Waals surface area contributed by atoms with Gasteiger partial charge in [-0.2, -0.15) is 0 Å². The molecule has 2 aromatic carbocycles. The largest absolute Gasteiger partial charge is 0.310 e. The minimum Gasteiger partial charge on any atom is -0.310 e. The second-order valence-electron chi connectivity index (χ2n) is 6.67. The third kappa shape index (κ3) is 3.70. The smallest absolute Gasteiger partial charge is 0.257 e. The lowest BCUT2D eigenvalue weighted by Crippen LogP contribution is -2.31. The summed E-state index contributed by atoms with van der Waals surface area (Å²) >= 11 is 7.75. The number of hydrogen-bond acceptors (Lipinski definition) is 4. The van der Waals surface area contributed by atoms with Crippen LogP contribution in [0.1, 0.15) is 34.6 Å². The number of hydrogen-bond donors (Lipinski definition) is 2. The second-order valence-corrected chi connectivity index (χ2v) is 8.05. The van der Waals surface area contributed by atoms with Crippen LogP contribution in [0.2, 0.25) is 5.02 Å². The molecule has 1 aliphatic heterocycles. The van der Waals surface area contributed by atoms with E-state index in [1.54, 1.807) is 6.07 Å². The van der Waals surface area contributed by atoms with E-state index in [1.807, 2.05) is 49.4 Å². The Bertz CT molecular complexity index is 1110. The summed E-state index contributed by atoms with van der Waals surface area (Å²) in [4.78, 5) is 32.5. The molecular formula is C21H18ClN3O2S. The van der Waals surface area contributed by atoms with Gasteiger partial charge in [-0.3, -0.25) is 9.59 Å². The van der Waals surface area contributed by atoms with Crippen molar-refractivity contribution in [3.05, 3.63) is 86.2 Å². The summed E-state index contributed by atoms with van der Waals surface area (Å²) in [6, 6.07) is 15.4. The van der Waals surface area contributed by atoms with Crippen LogP contribution in [0.15, 0.2) is 58.5 Å². The van der Waals surface area contributed by atoms with Crippen molar-refractivity contribution in [1.29, 1.82) is 0 Å². The number of thioether (sulfide) groups is 1. The normalized spacial score (nSPS) is 15.8. The number of anilines is 1. The Balaban J connectivity index is 1.68. The molecule has 1 aliphatic rings. The standard InChI is InChI=1S/C21H18ClN3O2S/c1-12-6-2-3-7-13(12)11-28-21-24-19-18(20(27)25-21)15(10-17(26)23-19)14-8-4-5-9-16(14)22/h2-9,15H,10-11H2,1H3,(H2,23,24,25,26,27). The molecular weight excluding hydrogens is 394 g/mol. The van der Waals surface area contributed by atoms with E-state index in [0.29, 0.717) is 27.3 Å². The van der Waals surface area contributed by atoms with Crippen LogP contribution in [0.4, 0.5) is 5.82 Å². The van der Waals surface area contributed by atoms with Crippen molar-refractivity contribution < 1.29 is 4.79 Å². The summed E-state index contributed by atoms with van der Waals surface area (Å²) in [6.45, 7) is 2.05. The Morgan fingerprint density at radius 1 is 1.14 bits per heavy atom. The maximum Gasteiger partial charge on any atom is 0.257 e. The molecule has 0 radical (unpaired) electrons. The molecule has 4 rings (SSSR count). The van der Waals surface area contributed by atoms with Gasteiger partial charge in [0, 0.05) is 23.1 Å². The van der Waals surface area contributed by atoms with Crippen molar-refractivity contribution in [2.24, 2.45) is 0 Å². The van der Waals surface area contributed by atoms with Crippen molar-refractivity contribution in [2.75, 3.05) is 5.32 Å². The summed E-state index contributed by atoms with van der Waals surface area (Å²) < 4.78 is 0. The van der Waals surface area contributed by atoms with Crippen LogP contribution in [0.25, 0.3) is 0 Å². The summed E-state index contributed by atoms with van der Waals surface area (Å²) in [5.41, 5.74) is 3.32. The average molecular weight is 412 g/mol. The zero-order valence-electron chi connectivity index (χ0n) is 15.2. The van der Waals surface area contributed by atoms with E-state index in [0.717, 1.165) is 5.56 Å². The maximum atomic E-state index is 12.9. The number of aromatic nitrogens is 2. The fourth-order valence-electron chi connectivity index (χ4n) is 3.36. The maximum absolute atomic E-state index is 12.9. The first-order chi connectivity index (χ1) is 13.5. The number of halogens is 1. The van der Waals surface area contributed by atoms with E-state index < -0.39 is 5.92 Å². The first-order valence-corrected chi connectivity index (χ1v) is 10.2. The Hall–Kier alpha value is -2.57. The number of carbonyl (C=O) groups excluding carboxylic acids is 1. The number of carbonyl (C=O) groups is 1. The molecule has 3 aromatic rings. The van der Waals surface area contributed by atoms with E-state index in [1.165, 1.54) is 22.9 Å². The quantitative estimate of drug-likeness (QED) is 0.489. The number of amides is 1. The number of nitrogens with zero attached hydrogens (tertiary/aromatic N) is 1. The van der Waals surface area contributed by atoms with Crippen molar-refractivity contribution in [2.45, 2.75) is 30.2 Å². The van der Waals surface area contributed by atoms with Gasteiger partial charge in [0.15, 0.2) is 5.16 Å². The summed E-state index contributed by atoms with van der Waals surface area (Å²) in [5, 5.41) is 3.76. The van der Waals surface area contributed by atoms with Crippen LogP contribution in [-0.2, 0) is 10.5 Å². The topological polar surface area (TPSA) is 74.8 Å². The average Bonchev–Trinajstić information content (AvgIpc) is 2.67. The van der Waals surface area contributed by atoms with Crippen molar-refractivity contribution >= 4 is 35.1 Å². The zero-order chi connectivity index (χ0) is 19.7. The first-order valence-electron chi connectivity index (χ1n) is 8.88. The molecule has 142 valence electrons. The predicted octanol–water partition coefficient (Wildman–Crippen LogP) is 4.50. The molecule has 1 unspecified atom stereocenters. The Kier molecular flexibility index (Phi) is 5.24. The molecule has 28 heavy (non-hydrogen) atoms. The molecule has 0 spiro atoms. The number of fused-ring (bicyclic) bond motifs is 1. The number of aromatic amines is 1. The number of rotatable bonds is 4. The molecule has 0 saturated carbocycles. The minimum atomic E-state index is -0.413. The molecule has 2 N–H and O–H groups in total. The van der Waals surface area contributed by atoms with Gasteiger partial charge in [0.2, 0.25) is 5.91 Å². The molecule has 0 saturated heterocycles. The monoisotopic (exact) mass is 411 g/mol. The van der Waals surface area contributed by atoms with Gasteiger partial charge in [-0.05, 0) is 29.7 Å². The van der Waals surface area contributed by atoms with Crippen LogP contribution >= 0.6 is 23.4 Å². The minimum absolute atomic E-state index is 0.164. The zero-order valence-corrected chi connectivity index (χ0v) is 16.7. The lowest BCUT2D eigenvalue weighted by molar-refractivity contribution is -0.116. The molecule has 0 bridgehead atoms. The van der Waals surface area contributed by atoms with Crippen LogP contribution in [-0.4, -0.2) is 15.9 Å². The predicted molar refractivity (Wildman–Crippen MR) is 112 cm³/mol. The number of aryl methyl sites for hydroxylation is 1. The van der Waals surface area contributed by atoms with Crippen molar-refractivity contribution in [3.63, 3.8) is 0 Å². The van der Waals surface area contributed by atoms with Gasteiger partial charge in [-0.1, -0.05) is 65.8 Å². The highest BCUT2D eigenvalue weighted by Crippen LogP contribution is 2.37. The molecule has 7 heteroatoms. The first kappa shape index (κ1) is 18.8. The number of nitrogens with one attached hydrogen (secondary N) is 2. The highest BCUT2D eigenvalue weighted by molar-refractivity contribution is 7.98. The van der Waals surface area contributed by atoms with E-state index in [2.05, 4.69) is 15.3 Å². The third-order valence-corrected chi connectivity index (χ3v) is 6.10. The van der Waals surface area contributed by atoms with Crippen LogP contribution in [0.3, 0.4) is 0 Å². The SMILES string of the molecule is Cc1ccccc1CSc1nc2c(c(=O)[nH]1)C(c1ccccc1Cl)CC(=O)N2. The summed E-state index contributed by atoms with van der Waals surface area (Å²) in [7, 11) is 0. The lowest BCUT2D eigenvalue weighted by atomic mass is 9.87. The van der Waals surface area contributed by atoms with Gasteiger partial charge in [0.1, 0.15) is 5.82 Å². The fraction of sp³-hybridized carbons (Fsp3) is 0.190. The van der Waals surface area contributed by atoms with E-state index >= 15 is 0 Å². The third-order valence-electron chi connectivity index (χ3n) is 4.84. The van der Waals surface area contributed by atoms with Gasteiger partial charge >= 0.3 is 0 Å². The fourth-order valence-corrected chi connectivity index (χ4v) is 4.56. The Morgan fingerprint density at radius 2 is 1.89 bits per heavy atom. The molecule has 1 amide bonds. The van der Waals surface area contributed by atoms with Gasteiger partial charge in [-0.25, -0.2) is 4.98 Å². The molecule has 2 heterocycles. The van der Waals surface area contributed by atoms with Gasteiger partial charge in [0.05, 0.1) is 5.56 Å². The van der Waals surface area contributed by atoms with Gasteiger partial charge < -0.3 is 10.3 Å². The van der Waals surface area contributed by atoms with Gasteiger partial charge in [0.25, 0.3) is 5.56 Å². The molecule has 5 nitrogen and oxygen atoms in total. The van der Waals surface area contributed by atoms with Crippen LogP contribution < -0.4 is 10.9 Å². The summed E-state index contributed by atoms with van der Waals surface area (Å²) in [6.07, 6.45) is 0.164. The van der Waals surface area contributed by atoms with Crippen LogP contribution in [0.5, 0.6) is 0 Å². The van der Waals surface area contributed by atoms with Crippen molar-refractivity contribution in [3.8, 4) is 0 Å². The molecule has 1 aromatic heterocycles. The van der Waals surface area contributed by atoms with Crippen LogP contribution in [0, 0.1) is 6.92 Å².